The van der Waals surface area contributed by atoms with E-state index in [2.05, 4.69) is 124 Å². The van der Waals surface area contributed by atoms with Gasteiger partial charge in [-0.25, -0.2) is 4.79 Å². The Bertz CT molecular complexity index is 3160. The largest absolute Gasteiger partial charge is 0.494 e. The number of ether oxygens (including phenoxy) is 1. The first-order valence-electron chi connectivity index (χ1n) is 32.6. The molecule has 0 atom stereocenters. The maximum absolute atomic E-state index is 11.8. The van der Waals surface area contributed by atoms with Crippen molar-refractivity contribution in [3.63, 3.8) is 0 Å². The Morgan fingerprint density at radius 1 is 0.476 bits per heavy atom. The number of unbranched alkanes of at least 4 members (excludes halogenated alkanes) is 24. The zero-order valence-electron chi connectivity index (χ0n) is 51.1. The van der Waals surface area contributed by atoms with Gasteiger partial charge in [-0.05, 0) is 145 Å². The van der Waals surface area contributed by atoms with Crippen LogP contribution in [0.15, 0.2) is 112 Å². The minimum absolute atomic E-state index is 0.235. The van der Waals surface area contributed by atoms with Crippen molar-refractivity contribution < 1.29 is 14.6 Å². The molecule has 0 amide bonds. The van der Waals surface area contributed by atoms with Crippen LogP contribution in [-0.2, 0) is 17.6 Å². The van der Waals surface area contributed by atoms with E-state index < -0.39 is 5.97 Å². The van der Waals surface area contributed by atoms with Gasteiger partial charge in [0.1, 0.15) is 17.4 Å². The monoisotopic (exact) mass is 1220 g/mol. The normalized spacial score (nSPS) is 12.2. The van der Waals surface area contributed by atoms with Gasteiger partial charge < -0.3 is 14.7 Å². The van der Waals surface area contributed by atoms with Crippen LogP contribution in [-0.4, -0.2) is 24.2 Å². The lowest BCUT2D eigenvalue weighted by Crippen LogP contribution is -2.22. The Balaban J connectivity index is 1.05. The summed E-state index contributed by atoms with van der Waals surface area (Å²) < 4.78 is 6.12. The van der Waals surface area contributed by atoms with Crippen LogP contribution in [0.1, 0.15) is 223 Å². The SMILES string of the molecule is CCCCCCCCCCCCc1cc(-c2cc(CCCCCCCCCCCC)c(-c3ccc(-c4ccc5c(c4)Sc4cc(-c6ccc(OCCCCCC)cc6)ccc4N5CCCCCC)s3)s2)sc1-c1ccc(/C=C(\C#N)C(=O)O)s1. The third kappa shape index (κ3) is 19.3. The van der Waals surface area contributed by atoms with Crippen molar-refractivity contribution >= 4 is 80.5 Å². The first-order valence-corrected chi connectivity index (χ1v) is 36.7. The lowest BCUT2D eigenvalue weighted by atomic mass is 10.0. The standard InChI is InChI=1S/C74H94N2O3S5/c1-5-9-13-17-19-21-23-25-27-29-33-58-52-70(83-72(58)66-44-41-62(80-66)49-60(54-75)74(77)78)71-53-59(34-30-28-26-24-22-20-18-14-10-6-2)73(84-71)67-46-45-65(81-67)57-38-43-64-69(51-57)82-68-50-56(37-42-63(68)76(64)47-31-15-11-7-3)55-35-39-61(40-36-55)79-48-32-16-12-8-4/h35-46,49-53H,5-34,47-48H2,1-4H3,(H,77,78)/b60-49+. The lowest BCUT2D eigenvalue weighted by Gasteiger charge is -2.33. The van der Waals surface area contributed by atoms with E-state index in [0.717, 1.165) is 60.8 Å². The summed E-state index contributed by atoms with van der Waals surface area (Å²) in [5.41, 5.74) is 8.95. The number of aryl methyl sites for hydroxylation is 2. The molecule has 4 aromatic heterocycles. The Morgan fingerprint density at radius 3 is 1.46 bits per heavy atom. The summed E-state index contributed by atoms with van der Waals surface area (Å²) in [6, 6.07) is 38.7. The van der Waals surface area contributed by atoms with Gasteiger partial charge in [0.05, 0.1) is 18.0 Å². The van der Waals surface area contributed by atoms with Gasteiger partial charge in [-0.15, -0.1) is 45.3 Å². The number of fused-ring (bicyclic) bond motifs is 2. The second-order valence-electron chi connectivity index (χ2n) is 23.2. The average molecular weight is 1220 g/mol. The summed E-state index contributed by atoms with van der Waals surface area (Å²) in [5, 5.41) is 19.2. The molecule has 7 aromatic rings. The zero-order valence-corrected chi connectivity index (χ0v) is 55.2. The molecule has 0 unspecified atom stereocenters. The van der Waals surface area contributed by atoms with Crippen LogP contribution in [0.3, 0.4) is 0 Å². The number of thiophene rings is 4. The van der Waals surface area contributed by atoms with Gasteiger partial charge in [-0.3, -0.25) is 0 Å². The smallest absolute Gasteiger partial charge is 0.346 e. The Kier molecular flexibility index (Phi) is 27.6. The number of anilines is 2. The van der Waals surface area contributed by atoms with Crippen LogP contribution in [0.5, 0.6) is 5.75 Å². The Labute approximate surface area is 526 Å². The third-order valence-corrected chi connectivity index (χ3v) is 22.6. The van der Waals surface area contributed by atoms with Gasteiger partial charge in [-0.2, -0.15) is 5.26 Å². The number of benzene rings is 3. The minimum Gasteiger partial charge on any atom is -0.494 e. The van der Waals surface area contributed by atoms with Crippen LogP contribution >= 0.6 is 57.1 Å². The number of nitrogens with zero attached hydrogens (tertiary/aromatic N) is 2. The number of carboxylic acid groups (broad SMARTS) is 1. The molecule has 0 aliphatic carbocycles. The van der Waals surface area contributed by atoms with Gasteiger partial charge in [0, 0.05) is 55.4 Å². The molecule has 1 N–H and O–H groups in total. The van der Waals surface area contributed by atoms with Gasteiger partial charge in [0.15, 0.2) is 0 Å². The molecule has 1 aliphatic rings. The van der Waals surface area contributed by atoms with E-state index in [9.17, 15) is 15.2 Å². The van der Waals surface area contributed by atoms with Crippen LogP contribution in [0.2, 0.25) is 0 Å². The Hall–Kier alpha value is -4.89. The van der Waals surface area contributed by atoms with Gasteiger partial charge in [0.2, 0.25) is 0 Å². The lowest BCUT2D eigenvalue weighted by molar-refractivity contribution is -0.132. The molecule has 0 saturated carbocycles. The molecular formula is C74H94N2O3S5. The fourth-order valence-corrected chi connectivity index (χ4v) is 17.5. The van der Waals surface area contributed by atoms with E-state index in [0.29, 0.717) is 0 Å². The quantitative estimate of drug-likeness (QED) is 0.0234. The highest BCUT2D eigenvalue weighted by molar-refractivity contribution is 7.99. The van der Waals surface area contributed by atoms with Crippen molar-refractivity contribution in [1.82, 2.24) is 0 Å². The number of hydrogen-bond donors (Lipinski definition) is 1. The molecule has 0 bridgehead atoms. The molecule has 448 valence electrons. The fourth-order valence-electron chi connectivity index (χ4n) is 11.6. The number of hydrogen-bond acceptors (Lipinski definition) is 9. The maximum Gasteiger partial charge on any atom is 0.346 e. The third-order valence-electron chi connectivity index (χ3n) is 16.5. The van der Waals surface area contributed by atoms with Crippen LogP contribution < -0.4 is 9.64 Å². The van der Waals surface area contributed by atoms with E-state index in [1.165, 1.54) is 245 Å². The second kappa shape index (κ2) is 35.7. The molecule has 10 heteroatoms. The highest BCUT2D eigenvalue weighted by Gasteiger charge is 2.26. The van der Waals surface area contributed by atoms with E-state index in [-0.39, 0.29) is 5.57 Å². The molecule has 3 aromatic carbocycles. The van der Waals surface area contributed by atoms with Crippen molar-refractivity contribution in [2.24, 2.45) is 0 Å². The molecule has 8 rings (SSSR count). The number of rotatable bonds is 40. The highest BCUT2D eigenvalue weighted by atomic mass is 32.2. The molecule has 0 radical (unpaired) electrons. The van der Waals surface area contributed by atoms with Crippen molar-refractivity contribution in [3.8, 4) is 62.6 Å². The summed E-state index contributed by atoms with van der Waals surface area (Å²) in [4.78, 5) is 26.9. The molecule has 1 aliphatic heterocycles. The van der Waals surface area contributed by atoms with Gasteiger partial charge in [0.25, 0.3) is 0 Å². The Morgan fingerprint density at radius 2 is 0.929 bits per heavy atom. The van der Waals surface area contributed by atoms with Gasteiger partial charge in [-0.1, -0.05) is 218 Å². The molecule has 0 spiro atoms. The molecule has 0 saturated heterocycles. The first-order chi connectivity index (χ1) is 41.3. The van der Waals surface area contributed by atoms with Gasteiger partial charge >= 0.3 is 5.97 Å². The van der Waals surface area contributed by atoms with E-state index in [1.807, 2.05) is 57.9 Å². The zero-order chi connectivity index (χ0) is 58.7. The highest BCUT2D eigenvalue weighted by Crippen LogP contribution is 2.52. The van der Waals surface area contributed by atoms with Crippen LogP contribution in [0, 0.1) is 11.3 Å². The van der Waals surface area contributed by atoms with Crippen molar-refractivity contribution in [2.75, 3.05) is 18.1 Å². The minimum atomic E-state index is -1.19. The maximum atomic E-state index is 11.8. The molecule has 0 fully saturated rings. The summed E-state index contributed by atoms with van der Waals surface area (Å²) in [6.07, 6.45) is 39.6. The number of nitriles is 1. The van der Waals surface area contributed by atoms with E-state index in [1.54, 1.807) is 11.3 Å². The average Bonchev–Trinajstić information content (AvgIpc) is 2.62. The van der Waals surface area contributed by atoms with Crippen molar-refractivity contribution in [2.45, 2.75) is 230 Å². The predicted octanol–water partition coefficient (Wildman–Crippen LogP) is 25.3. The first kappa shape index (κ1) is 65.1. The molecular weight excluding hydrogens is 1130 g/mol. The van der Waals surface area contributed by atoms with Crippen molar-refractivity contribution in [3.05, 3.63) is 119 Å². The fraction of sp³-hybridized carbons (Fsp3) is 0.486. The topological polar surface area (TPSA) is 73.6 Å². The van der Waals surface area contributed by atoms with Crippen LogP contribution in [0.4, 0.5) is 11.4 Å². The number of aliphatic carboxylic acids is 1. The summed E-state index contributed by atoms with van der Waals surface area (Å²) in [6.45, 7) is 10.9. The molecule has 5 nitrogen and oxygen atoms in total. The number of carbonyl (C=O) groups is 1. The number of carboxylic acids is 1. The predicted molar refractivity (Wildman–Crippen MR) is 369 cm³/mol. The van der Waals surface area contributed by atoms with E-state index >= 15 is 0 Å². The van der Waals surface area contributed by atoms with Crippen LogP contribution in [0.25, 0.3) is 56.9 Å². The summed E-state index contributed by atoms with van der Waals surface area (Å²) in [7, 11) is 0. The molecule has 84 heavy (non-hydrogen) atoms. The molecule has 5 heterocycles. The van der Waals surface area contributed by atoms with Crippen molar-refractivity contribution in [1.29, 1.82) is 5.26 Å². The van der Waals surface area contributed by atoms with E-state index in [4.69, 9.17) is 4.74 Å². The summed E-state index contributed by atoms with van der Waals surface area (Å²) >= 11 is 9.29. The second-order valence-corrected chi connectivity index (χ2v) is 28.6. The summed E-state index contributed by atoms with van der Waals surface area (Å²) in [5.74, 6) is -0.243.